The zero-order valence-electron chi connectivity index (χ0n) is 12.4. The molecule has 0 aromatic heterocycles. The van der Waals surface area contributed by atoms with Crippen LogP contribution in [-0.2, 0) is 4.79 Å². The predicted octanol–water partition coefficient (Wildman–Crippen LogP) is 3.38. The van der Waals surface area contributed by atoms with E-state index in [1.807, 2.05) is 30.3 Å². The Morgan fingerprint density at radius 1 is 1.18 bits per heavy atom. The Hall–Kier alpha value is -2.62. The molecule has 3 nitrogen and oxygen atoms in total. The molecule has 0 saturated heterocycles. The van der Waals surface area contributed by atoms with Crippen LogP contribution in [0.15, 0.2) is 60.7 Å². The van der Waals surface area contributed by atoms with Crippen molar-refractivity contribution in [3.05, 3.63) is 72.1 Å². The highest BCUT2D eigenvalue weighted by Crippen LogP contribution is 2.08. The van der Waals surface area contributed by atoms with Crippen molar-refractivity contribution in [2.75, 3.05) is 20.2 Å². The fraction of sp³-hybridized carbons (Fsp3) is 0.167. The van der Waals surface area contributed by atoms with Gasteiger partial charge in [-0.3, -0.25) is 4.79 Å². The fourth-order valence-corrected chi connectivity index (χ4v) is 1.83. The van der Waals surface area contributed by atoms with Crippen molar-refractivity contribution >= 4 is 12.0 Å². The van der Waals surface area contributed by atoms with Crippen LogP contribution in [0.25, 0.3) is 6.08 Å². The first-order chi connectivity index (χ1) is 10.6. The minimum absolute atomic E-state index is 0.152. The quantitative estimate of drug-likeness (QED) is 0.765. The molecule has 0 unspecified atom stereocenters. The summed E-state index contributed by atoms with van der Waals surface area (Å²) in [7, 11) is 1.70. The van der Waals surface area contributed by atoms with Crippen molar-refractivity contribution in [1.82, 2.24) is 4.90 Å². The van der Waals surface area contributed by atoms with E-state index >= 15 is 0 Å². The van der Waals surface area contributed by atoms with E-state index in [2.05, 4.69) is 0 Å². The second-order valence-corrected chi connectivity index (χ2v) is 4.81. The highest BCUT2D eigenvalue weighted by atomic mass is 19.1. The van der Waals surface area contributed by atoms with Gasteiger partial charge in [0.25, 0.3) is 0 Å². The topological polar surface area (TPSA) is 29.5 Å². The molecule has 0 heterocycles. The van der Waals surface area contributed by atoms with Gasteiger partial charge in [0, 0.05) is 13.1 Å². The normalized spacial score (nSPS) is 10.6. The number of hydrogen-bond acceptors (Lipinski definition) is 2. The summed E-state index contributed by atoms with van der Waals surface area (Å²) in [5.41, 5.74) is 0.655. The maximum Gasteiger partial charge on any atom is 0.246 e. The fourth-order valence-electron chi connectivity index (χ4n) is 1.83. The Kier molecular flexibility index (Phi) is 5.72. The zero-order valence-corrected chi connectivity index (χ0v) is 12.4. The average Bonchev–Trinajstić information content (AvgIpc) is 2.53. The molecule has 2 aromatic rings. The molecule has 0 atom stereocenters. The molecule has 0 aliphatic rings. The molecular formula is C18H18FNO2. The summed E-state index contributed by atoms with van der Waals surface area (Å²) in [6.07, 6.45) is 3.03. The molecule has 0 aliphatic heterocycles. The lowest BCUT2D eigenvalue weighted by Gasteiger charge is -2.15. The second kappa shape index (κ2) is 7.98. The average molecular weight is 299 g/mol. The number of carbonyl (C=O) groups is 1. The monoisotopic (exact) mass is 299 g/mol. The molecule has 114 valence electrons. The SMILES string of the molecule is CN(CCOc1ccccc1)C(=O)/C=C/c1cccc(F)c1. The van der Waals surface area contributed by atoms with Gasteiger partial charge in [0.2, 0.25) is 5.91 Å². The van der Waals surface area contributed by atoms with Crippen LogP contribution in [-0.4, -0.2) is 31.0 Å². The molecule has 22 heavy (non-hydrogen) atoms. The van der Waals surface area contributed by atoms with Gasteiger partial charge in [-0.25, -0.2) is 4.39 Å². The number of hydrogen-bond donors (Lipinski definition) is 0. The zero-order chi connectivity index (χ0) is 15.8. The van der Waals surface area contributed by atoms with Crippen molar-refractivity contribution in [1.29, 1.82) is 0 Å². The van der Waals surface area contributed by atoms with E-state index < -0.39 is 0 Å². The molecule has 1 amide bonds. The molecule has 0 radical (unpaired) electrons. The number of ether oxygens (including phenoxy) is 1. The van der Waals surface area contributed by atoms with Crippen LogP contribution < -0.4 is 4.74 Å². The highest BCUT2D eigenvalue weighted by molar-refractivity contribution is 5.91. The number of benzene rings is 2. The van der Waals surface area contributed by atoms with Gasteiger partial charge >= 0.3 is 0 Å². The number of halogens is 1. The highest BCUT2D eigenvalue weighted by Gasteiger charge is 2.04. The summed E-state index contributed by atoms with van der Waals surface area (Å²) < 4.78 is 18.6. The largest absolute Gasteiger partial charge is 0.492 e. The first-order valence-corrected chi connectivity index (χ1v) is 7.02. The van der Waals surface area contributed by atoms with Gasteiger partial charge < -0.3 is 9.64 Å². The summed E-state index contributed by atoms with van der Waals surface area (Å²) in [5, 5.41) is 0. The molecule has 0 aliphatic carbocycles. The molecule has 0 bridgehead atoms. The van der Waals surface area contributed by atoms with Gasteiger partial charge in [-0.05, 0) is 35.9 Å². The number of likely N-dealkylation sites (N-methyl/N-ethyl adjacent to an activating group) is 1. The van der Waals surface area contributed by atoms with Gasteiger partial charge in [0.1, 0.15) is 18.2 Å². The van der Waals surface area contributed by atoms with Crippen LogP contribution in [0.4, 0.5) is 4.39 Å². The molecule has 0 N–H and O–H groups in total. The summed E-state index contributed by atoms with van der Waals surface area (Å²) in [5.74, 6) is 0.304. The lowest BCUT2D eigenvalue weighted by atomic mass is 10.2. The maximum absolute atomic E-state index is 13.0. The number of nitrogens with zero attached hydrogens (tertiary/aromatic N) is 1. The van der Waals surface area contributed by atoms with Crippen molar-refractivity contribution in [3.8, 4) is 5.75 Å². The van der Waals surface area contributed by atoms with Crippen LogP contribution in [0.5, 0.6) is 5.75 Å². The van der Waals surface area contributed by atoms with Crippen molar-refractivity contribution in [2.24, 2.45) is 0 Å². The van der Waals surface area contributed by atoms with Crippen molar-refractivity contribution in [3.63, 3.8) is 0 Å². The van der Waals surface area contributed by atoms with E-state index in [4.69, 9.17) is 4.74 Å². The lowest BCUT2D eigenvalue weighted by molar-refractivity contribution is -0.125. The summed E-state index contributed by atoms with van der Waals surface area (Å²) in [4.78, 5) is 13.5. The van der Waals surface area contributed by atoms with E-state index in [9.17, 15) is 9.18 Å². The Bertz CT molecular complexity index is 641. The van der Waals surface area contributed by atoms with E-state index in [1.54, 1.807) is 30.2 Å². The Morgan fingerprint density at radius 3 is 2.68 bits per heavy atom. The van der Waals surface area contributed by atoms with E-state index in [0.29, 0.717) is 18.7 Å². The Labute approximate surface area is 129 Å². The first kappa shape index (κ1) is 15.8. The predicted molar refractivity (Wildman–Crippen MR) is 85.0 cm³/mol. The third kappa shape index (κ3) is 5.05. The van der Waals surface area contributed by atoms with Gasteiger partial charge in [-0.1, -0.05) is 30.3 Å². The lowest BCUT2D eigenvalue weighted by Crippen LogP contribution is -2.29. The molecule has 2 aromatic carbocycles. The van der Waals surface area contributed by atoms with Crippen LogP contribution >= 0.6 is 0 Å². The van der Waals surface area contributed by atoms with E-state index in [-0.39, 0.29) is 11.7 Å². The third-order valence-electron chi connectivity index (χ3n) is 3.08. The Morgan fingerprint density at radius 2 is 1.95 bits per heavy atom. The molecule has 0 saturated carbocycles. The van der Waals surface area contributed by atoms with Gasteiger partial charge in [0.05, 0.1) is 6.54 Å². The van der Waals surface area contributed by atoms with Gasteiger partial charge in [0.15, 0.2) is 0 Å². The van der Waals surface area contributed by atoms with Crippen LogP contribution in [0.2, 0.25) is 0 Å². The minimum atomic E-state index is -0.320. The van der Waals surface area contributed by atoms with Crippen molar-refractivity contribution in [2.45, 2.75) is 0 Å². The molecule has 4 heteroatoms. The standard InChI is InChI=1S/C18H18FNO2/c1-20(12-13-22-17-8-3-2-4-9-17)18(21)11-10-15-6-5-7-16(19)14-15/h2-11,14H,12-13H2,1H3/b11-10+. The minimum Gasteiger partial charge on any atom is -0.492 e. The number of para-hydroxylation sites is 1. The van der Waals surface area contributed by atoms with Gasteiger partial charge in [-0.15, -0.1) is 0 Å². The van der Waals surface area contributed by atoms with E-state index in [0.717, 1.165) is 5.75 Å². The van der Waals surface area contributed by atoms with E-state index in [1.165, 1.54) is 18.2 Å². The van der Waals surface area contributed by atoms with Gasteiger partial charge in [-0.2, -0.15) is 0 Å². The Balaban J connectivity index is 1.79. The number of rotatable bonds is 6. The second-order valence-electron chi connectivity index (χ2n) is 4.81. The van der Waals surface area contributed by atoms with Crippen LogP contribution in [0, 0.1) is 5.82 Å². The molecule has 2 rings (SSSR count). The van der Waals surface area contributed by atoms with Crippen LogP contribution in [0.3, 0.4) is 0 Å². The summed E-state index contributed by atoms with van der Waals surface area (Å²) in [6, 6.07) is 15.5. The smallest absolute Gasteiger partial charge is 0.246 e. The van der Waals surface area contributed by atoms with Crippen LogP contribution in [0.1, 0.15) is 5.56 Å². The number of amides is 1. The summed E-state index contributed by atoms with van der Waals surface area (Å²) >= 11 is 0. The summed E-state index contributed by atoms with van der Waals surface area (Å²) in [6.45, 7) is 0.890. The third-order valence-corrected chi connectivity index (χ3v) is 3.08. The first-order valence-electron chi connectivity index (χ1n) is 7.02. The molecular weight excluding hydrogens is 281 g/mol. The molecule has 0 spiro atoms. The maximum atomic E-state index is 13.0. The molecule has 0 fully saturated rings. The van der Waals surface area contributed by atoms with Crippen molar-refractivity contribution < 1.29 is 13.9 Å². The number of carbonyl (C=O) groups excluding carboxylic acids is 1.